The van der Waals surface area contributed by atoms with E-state index >= 15 is 0 Å². The molecule has 3 amide bonds. The number of benzene rings is 3. The number of amides is 3. The van der Waals surface area contributed by atoms with E-state index in [9.17, 15) is 18.8 Å². The van der Waals surface area contributed by atoms with Gasteiger partial charge in [-0.15, -0.1) is 0 Å². The molecular formula is C25H21ClFIN4O5. The van der Waals surface area contributed by atoms with Crippen LogP contribution in [0, 0.1) is 9.39 Å². The summed E-state index contributed by atoms with van der Waals surface area (Å²) in [4.78, 5) is 36.3. The molecule has 37 heavy (non-hydrogen) atoms. The van der Waals surface area contributed by atoms with E-state index in [0.717, 1.165) is 6.07 Å². The predicted molar refractivity (Wildman–Crippen MR) is 147 cm³/mol. The Hall–Kier alpha value is -3.71. The molecule has 0 atom stereocenters. The number of halogens is 3. The van der Waals surface area contributed by atoms with Crippen molar-refractivity contribution in [3.8, 4) is 11.5 Å². The van der Waals surface area contributed by atoms with Crippen molar-refractivity contribution in [3.05, 3.63) is 80.6 Å². The van der Waals surface area contributed by atoms with Gasteiger partial charge in [-0.1, -0.05) is 35.9 Å². The average molecular weight is 639 g/mol. The molecule has 0 aliphatic rings. The number of anilines is 2. The van der Waals surface area contributed by atoms with Crippen LogP contribution in [-0.2, 0) is 14.4 Å². The quantitative estimate of drug-likeness (QED) is 0.137. The summed E-state index contributed by atoms with van der Waals surface area (Å²) in [6.45, 7) is 1.82. The molecule has 0 aliphatic heterocycles. The zero-order valence-electron chi connectivity index (χ0n) is 19.4. The molecule has 3 N–H and O–H groups in total. The molecule has 9 nitrogen and oxygen atoms in total. The van der Waals surface area contributed by atoms with Crippen LogP contribution in [0.2, 0.25) is 5.02 Å². The van der Waals surface area contributed by atoms with Gasteiger partial charge in [0.1, 0.15) is 5.82 Å². The van der Waals surface area contributed by atoms with Gasteiger partial charge in [0.05, 0.1) is 32.8 Å². The molecule has 0 radical (unpaired) electrons. The average Bonchev–Trinajstić information content (AvgIpc) is 2.86. The first-order valence-corrected chi connectivity index (χ1v) is 12.3. The van der Waals surface area contributed by atoms with Crippen molar-refractivity contribution in [1.29, 1.82) is 0 Å². The maximum Gasteiger partial charge on any atom is 0.329 e. The summed E-state index contributed by atoms with van der Waals surface area (Å²) in [6.07, 6.45) is 1.30. The molecule has 3 aromatic carbocycles. The van der Waals surface area contributed by atoms with E-state index in [4.69, 9.17) is 21.1 Å². The summed E-state index contributed by atoms with van der Waals surface area (Å²) in [7, 11) is 0. The Kier molecular flexibility index (Phi) is 10.2. The molecule has 0 unspecified atom stereocenters. The number of carbonyl (C=O) groups excluding carboxylic acids is 3. The molecule has 192 valence electrons. The number of nitrogens with one attached hydrogen (secondary N) is 3. The number of hydrogen-bond donors (Lipinski definition) is 3. The van der Waals surface area contributed by atoms with E-state index in [1.54, 1.807) is 43.3 Å². The fourth-order valence-electron chi connectivity index (χ4n) is 2.91. The number of ether oxygens (including phenoxy) is 2. The van der Waals surface area contributed by atoms with Gasteiger partial charge < -0.3 is 20.1 Å². The monoisotopic (exact) mass is 638 g/mol. The Balaban J connectivity index is 1.62. The van der Waals surface area contributed by atoms with Crippen molar-refractivity contribution < 1.29 is 28.2 Å². The molecule has 3 rings (SSSR count). The number of carbonyl (C=O) groups is 3. The van der Waals surface area contributed by atoms with Gasteiger partial charge in [0, 0.05) is 0 Å². The van der Waals surface area contributed by atoms with Crippen LogP contribution in [0.4, 0.5) is 15.8 Å². The lowest BCUT2D eigenvalue weighted by Gasteiger charge is -2.15. The van der Waals surface area contributed by atoms with Crippen LogP contribution >= 0.6 is 34.2 Å². The van der Waals surface area contributed by atoms with E-state index in [1.165, 1.54) is 24.4 Å². The van der Waals surface area contributed by atoms with Gasteiger partial charge in [-0.05, 0) is 71.5 Å². The normalized spacial score (nSPS) is 10.6. The van der Waals surface area contributed by atoms with Crippen LogP contribution in [0.1, 0.15) is 12.5 Å². The van der Waals surface area contributed by atoms with Crippen LogP contribution in [0.5, 0.6) is 11.5 Å². The van der Waals surface area contributed by atoms with E-state index in [-0.39, 0.29) is 12.3 Å². The first kappa shape index (κ1) is 27.9. The highest BCUT2D eigenvalue weighted by Crippen LogP contribution is 2.34. The number of nitrogens with zero attached hydrogens (tertiary/aromatic N) is 1. The second-order valence-corrected chi connectivity index (χ2v) is 8.78. The molecule has 0 fully saturated rings. The van der Waals surface area contributed by atoms with Crippen molar-refractivity contribution in [1.82, 2.24) is 5.43 Å². The van der Waals surface area contributed by atoms with Gasteiger partial charge in [0.25, 0.3) is 5.91 Å². The second kappa shape index (κ2) is 13.6. The standard InChI is InChI=1S/C25H21ClFIN4O5/c1-2-36-21-12-15(13-29-32-25(35)24(34)31-20-10-6-4-8-17(20)27)11-18(28)23(21)37-14-22(33)30-19-9-5-3-7-16(19)26/h3-13H,2,14H2,1H3,(H,30,33)(H,31,34)(H,32,35)/b29-13-. The number of para-hydroxylation sites is 2. The molecule has 3 aromatic rings. The van der Waals surface area contributed by atoms with Crippen molar-refractivity contribution in [3.63, 3.8) is 0 Å². The fourth-order valence-corrected chi connectivity index (χ4v) is 3.87. The summed E-state index contributed by atoms with van der Waals surface area (Å²) in [5.41, 5.74) is 2.95. The van der Waals surface area contributed by atoms with Crippen molar-refractivity contribution in [2.75, 3.05) is 23.8 Å². The summed E-state index contributed by atoms with van der Waals surface area (Å²) < 4.78 is 25.6. The van der Waals surface area contributed by atoms with Gasteiger partial charge in [-0.3, -0.25) is 14.4 Å². The second-order valence-electron chi connectivity index (χ2n) is 7.21. The number of hydrazone groups is 1. The molecule has 0 spiro atoms. The Bertz CT molecular complexity index is 1340. The van der Waals surface area contributed by atoms with E-state index in [0.29, 0.717) is 37.9 Å². The molecule has 0 heterocycles. The summed E-state index contributed by atoms with van der Waals surface area (Å²) >= 11 is 8.07. The van der Waals surface area contributed by atoms with Crippen LogP contribution in [-0.4, -0.2) is 37.1 Å². The maximum atomic E-state index is 13.6. The predicted octanol–water partition coefficient (Wildman–Crippen LogP) is 4.59. The lowest BCUT2D eigenvalue weighted by Crippen LogP contribution is -2.32. The van der Waals surface area contributed by atoms with Crippen LogP contribution in [0.3, 0.4) is 0 Å². The van der Waals surface area contributed by atoms with Gasteiger partial charge in [0.15, 0.2) is 18.1 Å². The van der Waals surface area contributed by atoms with Gasteiger partial charge in [-0.25, -0.2) is 9.82 Å². The van der Waals surface area contributed by atoms with Gasteiger partial charge in [0.2, 0.25) is 0 Å². The third-order valence-corrected chi connectivity index (χ3v) is 5.67. The van der Waals surface area contributed by atoms with Gasteiger partial charge in [-0.2, -0.15) is 5.10 Å². The molecule has 0 saturated heterocycles. The van der Waals surface area contributed by atoms with Crippen molar-refractivity contribution in [2.45, 2.75) is 6.92 Å². The van der Waals surface area contributed by atoms with Crippen LogP contribution in [0.15, 0.2) is 65.8 Å². The highest BCUT2D eigenvalue weighted by molar-refractivity contribution is 14.1. The fraction of sp³-hybridized carbons (Fsp3) is 0.120. The smallest absolute Gasteiger partial charge is 0.329 e. The molecular weight excluding hydrogens is 618 g/mol. The van der Waals surface area contributed by atoms with Crippen molar-refractivity contribution >= 4 is 69.5 Å². The summed E-state index contributed by atoms with van der Waals surface area (Å²) in [5.74, 6) is -2.54. The third kappa shape index (κ3) is 8.15. The Morgan fingerprint density at radius 2 is 1.70 bits per heavy atom. The third-order valence-electron chi connectivity index (χ3n) is 4.54. The lowest BCUT2D eigenvalue weighted by molar-refractivity contribution is -0.136. The number of hydrogen-bond acceptors (Lipinski definition) is 6. The summed E-state index contributed by atoms with van der Waals surface area (Å²) in [6, 6.07) is 15.6. The Morgan fingerprint density at radius 3 is 2.41 bits per heavy atom. The lowest BCUT2D eigenvalue weighted by atomic mass is 10.2. The molecule has 0 saturated carbocycles. The minimum Gasteiger partial charge on any atom is -0.490 e. The van der Waals surface area contributed by atoms with Crippen LogP contribution in [0.25, 0.3) is 0 Å². The van der Waals surface area contributed by atoms with Crippen molar-refractivity contribution in [2.24, 2.45) is 5.10 Å². The first-order chi connectivity index (χ1) is 17.8. The highest BCUT2D eigenvalue weighted by atomic mass is 127. The minimum absolute atomic E-state index is 0.126. The first-order valence-electron chi connectivity index (χ1n) is 10.8. The molecule has 0 bridgehead atoms. The number of rotatable bonds is 9. The van der Waals surface area contributed by atoms with Gasteiger partial charge >= 0.3 is 11.8 Å². The largest absolute Gasteiger partial charge is 0.490 e. The molecule has 0 aromatic heterocycles. The summed E-state index contributed by atoms with van der Waals surface area (Å²) in [5, 5.41) is 9.02. The zero-order valence-corrected chi connectivity index (χ0v) is 22.3. The Morgan fingerprint density at radius 1 is 1.00 bits per heavy atom. The van der Waals surface area contributed by atoms with Crippen LogP contribution < -0.4 is 25.5 Å². The molecule has 12 heteroatoms. The van der Waals surface area contributed by atoms with E-state index in [2.05, 4.69) is 21.2 Å². The van der Waals surface area contributed by atoms with E-state index in [1.807, 2.05) is 22.6 Å². The minimum atomic E-state index is -1.08. The Labute approximate surface area is 230 Å². The maximum absolute atomic E-state index is 13.6. The topological polar surface area (TPSA) is 118 Å². The van der Waals surface area contributed by atoms with E-state index < -0.39 is 23.5 Å². The highest BCUT2D eigenvalue weighted by Gasteiger charge is 2.16. The zero-order chi connectivity index (χ0) is 26.8. The molecule has 0 aliphatic carbocycles. The SMILES string of the molecule is CCOc1cc(/C=N\NC(=O)C(=O)Nc2ccccc2F)cc(I)c1OCC(=O)Nc1ccccc1Cl.